The molecular weight excluding hydrogens is 286 g/mol. The highest BCUT2D eigenvalue weighted by Gasteiger charge is 2.25. The standard InChI is InChI=1S/C19H17N3O/c23-19(20-18-12-17(21-22-18)15-8-9-15)16-10-6-14(7-11-16)13-4-2-1-3-5-13/h1-7,10-12,15H,8-9H2,(H2,20,21,22,23). The van der Waals surface area contributed by atoms with Crippen LogP contribution in [0.3, 0.4) is 0 Å². The lowest BCUT2D eigenvalue weighted by molar-refractivity contribution is 0.102. The topological polar surface area (TPSA) is 57.8 Å². The average molecular weight is 303 g/mol. The fourth-order valence-electron chi connectivity index (χ4n) is 2.64. The van der Waals surface area contributed by atoms with Gasteiger partial charge in [-0.25, -0.2) is 0 Å². The Morgan fingerprint density at radius 1 is 1.00 bits per heavy atom. The number of anilines is 1. The molecule has 2 aromatic carbocycles. The molecule has 1 saturated carbocycles. The molecule has 0 atom stereocenters. The van der Waals surface area contributed by atoms with Gasteiger partial charge in [-0.05, 0) is 36.1 Å². The third-order valence-electron chi connectivity index (χ3n) is 4.11. The van der Waals surface area contributed by atoms with Crippen LogP contribution < -0.4 is 5.32 Å². The summed E-state index contributed by atoms with van der Waals surface area (Å²) < 4.78 is 0. The smallest absolute Gasteiger partial charge is 0.256 e. The molecule has 4 heteroatoms. The summed E-state index contributed by atoms with van der Waals surface area (Å²) >= 11 is 0. The van der Waals surface area contributed by atoms with E-state index in [1.165, 1.54) is 12.8 Å². The van der Waals surface area contributed by atoms with Crippen molar-refractivity contribution in [3.8, 4) is 11.1 Å². The molecule has 114 valence electrons. The van der Waals surface area contributed by atoms with E-state index in [0.29, 0.717) is 17.3 Å². The summed E-state index contributed by atoms with van der Waals surface area (Å²) in [6.45, 7) is 0. The second kappa shape index (κ2) is 5.72. The summed E-state index contributed by atoms with van der Waals surface area (Å²) in [6, 6.07) is 19.6. The van der Waals surface area contributed by atoms with Crippen molar-refractivity contribution in [1.82, 2.24) is 10.2 Å². The number of rotatable bonds is 4. The summed E-state index contributed by atoms with van der Waals surface area (Å²) in [5.41, 5.74) is 3.97. The Morgan fingerprint density at radius 3 is 2.39 bits per heavy atom. The van der Waals surface area contributed by atoms with Crippen molar-refractivity contribution >= 4 is 11.7 Å². The van der Waals surface area contributed by atoms with Gasteiger partial charge in [-0.15, -0.1) is 0 Å². The first-order chi connectivity index (χ1) is 11.3. The van der Waals surface area contributed by atoms with E-state index in [4.69, 9.17) is 0 Å². The number of benzene rings is 2. The summed E-state index contributed by atoms with van der Waals surface area (Å²) in [4.78, 5) is 12.3. The summed E-state index contributed by atoms with van der Waals surface area (Å²) in [6.07, 6.45) is 2.41. The van der Waals surface area contributed by atoms with E-state index in [-0.39, 0.29) is 5.91 Å². The van der Waals surface area contributed by atoms with Crippen LogP contribution in [0.5, 0.6) is 0 Å². The summed E-state index contributed by atoms with van der Waals surface area (Å²) in [5.74, 6) is 1.04. The Labute approximate surface area is 134 Å². The minimum atomic E-state index is -0.140. The predicted octanol–water partition coefficient (Wildman–Crippen LogP) is 4.21. The number of amides is 1. The van der Waals surface area contributed by atoms with Crippen molar-refractivity contribution in [3.05, 3.63) is 71.9 Å². The number of H-pyrrole nitrogens is 1. The number of carbonyl (C=O) groups is 1. The molecule has 4 nitrogen and oxygen atoms in total. The normalized spacial score (nSPS) is 13.7. The fourth-order valence-corrected chi connectivity index (χ4v) is 2.64. The number of hydrogen-bond acceptors (Lipinski definition) is 2. The third kappa shape index (κ3) is 3.01. The second-order valence-corrected chi connectivity index (χ2v) is 5.88. The van der Waals surface area contributed by atoms with Gasteiger partial charge < -0.3 is 5.32 Å². The lowest BCUT2D eigenvalue weighted by atomic mass is 10.0. The highest BCUT2D eigenvalue weighted by atomic mass is 16.1. The number of hydrogen-bond donors (Lipinski definition) is 2. The third-order valence-corrected chi connectivity index (χ3v) is 4.11. The van der Waals surface area contributed by atoms with E-state index in [9.17, 15) is 4.79 Å². The van der Waals surface area contributed by atoms with Gasteiger partial charge >= 0.3 is 0 Å². The molecular formula is C19H17N3O. The first-order valence-corrected chi connectivity index (χ1v) is 7.82. The van der Waals surface area contributed by atoms with Crippen molar-refractivity contribution < 1.29 is 4.79 Å². The zero-order valence-electron chi connectivity index (χ0n) is 12.6. The molecule has 0 aliphatic heterocycles. The SMILES string of the molecule is O=C(Nc1cc(C2CC2)[nH]n1)c1ccc(-c2ccccc2)cc1. The van der Waals surface area contributed by atoms with Gasteiger partial charge in [0.1, 0.15) is 0 Å². The van der Waals surface area contributed by atoms with Gasteiger partial charge in [0.05, 0.1) is 0 Å². The lowest BCUT2D eigenvalue weighted by Crippen LogP contribution is -2.11. The van der Waals surface area contributed by atoms with Crippen LogP contribution in [-0.4, -0.2) is 16.1 Å². The molecule has 0 bridgehead atoms. The summed E-state index contributed by atoms with van der Waals surface area (Å²) in [5, 5.41) is 9.98. The highest BCUT2D eigenvalue weighted by molar-refractivity contribution is 6.04. The van der Waals surface area contributed by atoms with Crippen LogP contribution in [-0.2, 0) is 0 Å². The number of nitrogens with one attached hydrogen (secondary N) is 2. The maximum Gasteiger partial charge on any atom is 0.256 e. The number of aromatic nitrogens is 2. The van der Waals surface area contributed by atoms with Crippen molar-refractivity contribution in [3.63, 3.8) is 0 Å². The van der Waals surface area contributed by atoms with E-state index in [1.54, 1.807) is 0 Å². The van der Waals surface area contributed by atoms with Crippen molar-refractivity contribution in [2.45, 2.75) is 18.8 Å². The molecule has 3 aromatic rings. The van der Waals surface area contributed by atoms with Crippen LogP contribution >= 0.6 is 0 Å². The summed E-state index contributed by atoms with van der Waals surface area (Å²) in [7, 11) is 0. The molecule has 4 rings (SSSR count). The van der Waals surface area contributed by atoms with Crippen LogP contribution in [0.15, 0.2) is 60.7 Å². The van der Waals surface area contributed by atoms with Gasteiger partial charge in [0, 0.05) is 23.2 Å². The highest BCUT2D eigenvalue weighted by Crippen LogP contribution is 2.39. The van der Waals surface area contributed by atoms with E-state index in [2.05, 4.69) is 27.6 Å². The van der Waals surface area contributed by atoms with Crippen LogP contribution in [0.4, 0.5) is 5.82 Å². The van der Waals surface area contributed by atoms with Crippen LogP contribution in [0.1, 0.15) is 34.8 Å². The van der Waals surface area contributed by atoms with Gasteiger partial charge in [0.15, 0.2) is 5.82 Å². The van der Waals surface area contributed by atoms with E-state index in [1.807, 2.05) is 48.5 Å². The lowest BCUT2D eigenvalue weighted by Gasteiger charge is -2.04. The zero-order valence-corrected chi connectivity index (χ0v) is 12.6. The van der Waals surface area contributed by atoms with Crippen molar-refractivity contribution in [2.24, 2.45) is 0 Å². The molecule has 0 saturated heterocycles. The minimum Gasteiger partial charge on any atom is -0.305 e. The maximum atomic E-state index is 12.3. The molecule has 1 aliphatic rings. The predicted molar refractivity (Wildman–Crippen MR) is 90.4 cm³/mol. The van der Waals surface area contributed by atoms with Crippen LogP contribution in [0.2, 0.25) is 0 Å². The quantitative estimate of drug-likeness (QED) is 0.758. The van der Waals surface area contributed by atoms with E-state index < -0.39 is 0 Å². The first-order valence-electron chi connectivity index (χ1n) is 7.82. The van der Waals surface area contributed by atoms with Crippen LogP contribution in [0, 0.1) is 0 Å². The maximum absolute atomic E-state index is 12.3. The van der Waals surface area contributed by atoms with Gasteiger partial charge in [-0.2, -0.15) is 5.10 Å². The van der Waals surface area contributed by atoms with Crippen molar-refractivity contribution in [2.75, 3.05) is 5.32 Å². The Morgan fingerprint density at radius 2 is 1.70 bits per heavy atom. The molecule has 1 aromatic heterocycles. The molecule has 0 radical (unpaired) electrons. The van der Waals surface area contributed by atoms with Crippen LogP contribution in [0.25, 0.3) is 11.1 Å². The second-order valence-electron chi connectivity index (χ2n) is 5.88. The Balaban J connectivity index is 1.47. The molecule has 2 N–H and O–H groups in total. The Kier molecular flexibility index (Phi) is 3.42. The molecule has 1 fully saturated rings. The molecule has 0 unspecified atom stereocenters. The zero-order chi connectivity index (χ0) is 15.6. The van der Waals surface area contributed by atoms with Gasteiger partial charge in [-0.1, -0.05) is 42.5 Å². The monoisotopic (exact) mass is 303 g/mol. The molecule has 1 aliphatic carbocycles. The molecule has 1 heterocycles. The van der Waals surface area contributed by atoms with Gasteiger partial charge in [0.2, 0.25) is 0 Å². The van der Waals surface area contributed by atoms with E-state index in [0.717, 1.165) is 16.8 Å². The van der Waals surface area contributed by atoms with Gasteiger partial charge in [0.25, 0.3) is 5.91 Å². The van der Waals surface area contributed by atoms with Crippen molar-refractivity contribution in [1.29, 1.82) is 0 Å². The van der Waals surface area contributed by atoms with Gasteiger partial charge in [-0.3, -0.25) is 9.89 Å². The number of carbonyl (C=O) groups excluding carboxylic acids is 1. The number of aromatic amines is 1. The Bertz CT molecular complexity index is 817. The fraction of sp³-hybridized carbons (Fsp3) is 0.158. The molecule has 0 spiro atoms. The largest absolute Gasteiger partial charge is 0.305 e. The average Bonchev–Trinajstić information content (AvgIpc) is 3.36. The van der Waals surface area contributed by atoms with E-state index >= 15 is 0 Å². The number of nitrogens with zero attached hydrogens (tertiary/aromatic N) is 1. The first kappa shape index (κ1) is 13.8. The molecule has 23 heavy (non-hydrogen) atoms. The molecule has 1 amide bonds. The Hall–Kier alpha value is -2.88. The minimum absolute atomic E-state index is 0.140.